The third kappa shape index (κ3) is 2.39. The van der Waals surface area contributed by atoms with E-state index in [-0.39, 0.29) is 12.5 Å². The highest BCUT2D eigenvalue weighted by atomic mass is 16.2. The van der Waals surface area contributed by atoms with Gasteiger partial charge in [-0.3, -0.25) is 14.6 Å². The van der Waals surface area contributed by atoms with E-state index in [0.29, 0.717) is 5.56 Å². The van der Waals surface area contributed by atoms with Crippen LogP contribution in [-0.2, 0) is 4.79 Å². The molecule has 0 atom stereocenters. The van der Waals surface area contributed by atoms with Crippen LogP contribution in [0.1, 0.15) is 10.4 Å². The zero-order chi connectivity index (χ0) is 12.3. The first kappa shape index (κ1) is 11.1. The average molecular weight is 229 g/mol. The Morgan fingerprint density at radius 3 is 2.82 bits per heavy atom. The smallest absolute Gasteiger partial charge is 0.252 e. The minimum atomic E-state index is -0.572. The van der Waals surface area contributed by atoms with Crippen molar-refractivity contribution in [1.82, 2.24) is 10.3 Å². The van der Waals surface area contributed by atoms with Gasteiger partial charge in [0.1, 0.15) is 0 Å². The minimum absolute atomic E-state index is 0.171. The van der Waals surface area contributed by atoms with E-state index < -0.39 is 5.91 Å². The summed E-state index contributed by atoms with van der Waals surface area (Å²) in [6, 6.07) is 8.81. The Balaban J connectivity index is 2.35. The number of rotatable bonds is 3. The van der Waals surface area contributed by atoms with Gasteiger partial charge in [-0.25, -0.2) is 0 Å². The molecule has 1 heterocycles. The van der Waals surface area contributed by atoms with E-state index in [4.69, 9.17) is 5.73 Å². The summed E-state index contributed by atoms with van der Waals surface area (Å²) >= 11 is 0. The van der Waals surface area contributed by atoms with Crippen LogP contribution in [0.2, 0.25) is 0 Å². The molecule has 2 amide bonds. The topological polar surface area (TPSA) is 85.1 Å². The van der Waals surface area contributed by atoms with Crippen LogP contribution in [0.5, 0.6) is 0 Å². The summed E-state index contributed by atoms with van der Waals surface area (Å²) in [5.74, 6) is -0.904. The monoisotopic (exact) mass is 229 g/mol. The summed E-state index contributed by atoms with van der Waals surface area (Å²) < 4.78 is 0. The number of fused-ring (bicyclic) bond motifs is 1. The lowest BCUT2D eigenvalue weighted by Crippen LogP contribution is -2.33. The van der Waals surface area contributed by atoms with Gasteiger partial charge < -0.3 is 11.1 Å². The third-order valence-electron chi connectivity index (χ3n) is 2.31. The molecule has 0 aliphatic rings. The van der Waals surface area contributed by atoms with Crippen molar-refractivity contribution < 1.29 is 9.59 Å². The number of benzene rings is 1. The van der Waals surface area contributed by atoms with Gasteiger partial charge in [-0.15, -0.1) is 0 Å². The van der Waals surface area contributed by atoms with Gasteiger partial charge in [0.15, 0.2) is 0 Å². The Kier molecular flexibility index (Phi) is 3.00. The quantitative estimate of drug-likeness (QED) is 0.801. The number of nitrogens with one attached hydrogen (secondary N) is 1. The predicted molar refractivity (Wildman–Crippen MR) is 63.3 cm³/mol. The molecule has 2 aromatic rings. The van der Waals surface area contributed by atoms with Gasteiger partial charge in [-0.1, -0.05) is 12.1 Å². The van der Waals surface area contributed by atoms with Crippen LogP contribution in [0.25, 0.3) is 10.9 Å². The van der Waals surface area contributed by atoms with Gasteiger partial charge in [-0.2, -0.15) is 0 Å². The number of hydrogen-bond donors (Lipinski definition) is 2. The lowest BCUT2D eigenvalue weighted by molar-refractivity contribution is -0.117. The van der Waals surface area contributed by atoms with E-state index in [1.54, 1.807) is 24.4 Å². The highest BCUT2D eigenvalue weighted by Gasteiger charge is 2.10. The van der Waals surface area contributed by atoms with Crippen molar-refractivity contribution in [2.24, 2.45) is 5.73 Å². The average Bonchev–Trinajstić information content (AvgIpc) is 2.35. The lowest BCUT2D eigenvalue weighted by atomic mass is 10.1. The number of primary amides is 1. The molecule has 0 aliphatic carbocycles. The second-order valence-electron chi connectivity index (χ2n) is 3.52. The van der Waals surface area contributed by atoms with E-state index >= 15 is 0 Å². The van der Waals surface area contributed by atoms with Crippen molar-refractivity contribution in [1.29, 1.82) is 0 Å². The summed E-state index contributed by atoms with van der Waals surface area (Å²) in [6.07, 6.45) is 1.66. The van der Waals surface area contributed by atoms with Crippen molar-refractivity contribution >= 4 is 22.7 Å². The molecule has 0 fully saturated rings. The molecule has 86 valence electrons. The third-order valence-corrected chi connectivity index (χ3v) is 2.31. The Hall–Kier alpha value is -2.43. The van der Waals surface area contributed by atoms with Crippen LogP contribution in [0, 0.1) is 0 Å². The zero-order valence-corrected chi connectivity index (χ0v) is 9.01. The number of nitrogens with two attached hydrogens (primary N) is 1. The molecule has 3 N–H and O–H groups in total. The first-order chi connectivity index (χ1) is 8.18. The van der Waals surface area contributed by atoms with Crippen molar-refractivity contribution in [3.8, 4) is 0 Å². The summed E-state index contributed by atoms with van der Waals surface area (Å²) in [5, 5.41) is 3.20. The van der Waals surface area contributed by atoms with Crippen LogP contribution in [0.3, 0.4) is 0 Å². The molecule has 0 saturated heterocycles. The molecular weight excluding hydrogens is 218 g/mol. The van der Waals surface area contributed by atoms with Crippen molar-refractivity contribution in [2.45, 2.75) is 0 Å². The summed E-state index contributed by atoms with van der Waals surface area (Å²) in [5.41, 5.74) is 6.18. The molecule has 17 heavy (non-hydrogen) atoms. The first-order valence-corrected chi connectivity index (χ1v) is 5.09. The van der Waals surface area contributed by atoms with Crippen LogP contribution >= 0.6 is 0 Å². The van der Waals surface area contributed by atoms with Gasteiger partial charge in [0.25, 0.3) is 5.91 Å². The number of nitrogens with zero attached hydrogens (tertiary/aromatic N) is 1. The standard InChI is InChI=1S/C12H11N3O2/c13-11(16)7-15-12(17)9-3-1-5-10-8(9)4-2-6-14-10/h1-6H,7H2,(H2,13,16)(H,15,17). The second-order valence-corrected chi connectivity index (χ2v) is 3.52. The molecule has 1 aromatic carbocycles. The summed E-state index contributed by atoms with van der Waals surface area (Å²) in [4.78, 5) is 26.6. The fourth-order valence-corrected chi connectivity index (χ4v) is 1.56. The van der Waals surface area contributed by atoms with Crippen LogP contribution < -0.4 is 11.1 Å². The predicted octanol–water partition coefficient (Wildman–Crippen LogP) is 0.450. The maximum atomic E-state index is 11.8. The van der Waals surface area contributed by atoms with E-state index in [0.717, 1.165) is 10.9 Å². The first-order valence-electron chi connectivity index (χ1n) is 5.09. The molecule has 0 radical (unpaired) electrons. The maximum Gasteiger partial charge on any atom is 0.252 e. The molecule has 0 bridgehead atoms. The number of carbonyl (C=O) groups excluding carboxylic acids is 2. The number of aromatic nitrogens is 1. The van der Waals surface area contributed by atoms with Gasteiger partial charge in [0, 0.05) is 17.1 Å². The Morgan fingerprint density at radius 1 is 1.24 bits per heavy atom. The molecule has 0 aliphatic heterocycles. The van der Waals surface area contributed by atoms with Crippen molar-refractivity contribution in [2.75, 3.05) is 6.54 Å². The summed E-state index contributed by atoms with van der Waals surface area (Å²) in [6.45, 7) is -0.171. The van der Waals surface area contributed by atoms with E-state index in [1.807, 2.05) is 12.1 Å². The van der Waals surface area contributed by atoms with Gasteiger partial charge >= 0.3 is 0 Å². The second kappa shape index (κ2) is 4.61. The Bertz CT molecular complexity index is 575. The van der Waals surface area contributed by atoms with E-state index in [9.17, 15) is 9.59 Å². The number of amides is 2. The zero-order valence-electron chi connectivity index (χ0n) is 9.01. The molecule has 1 aromatic heterocycles. The van der Waals surface area contributed by atoms with Gasteiger partial charge in [0.05, 0.1) is 12.1 Å². The van der Waals surface area contributed by atoms with E-state index in [2.05, 4.69) is 10.3 Å². The normalized spacial score (nSPS) is 10.1. The molecule has 5 heteroatoms. The number of carbonyl (C=O) groups is 2. The number of pyridine rings is 1. The van der Waals surface area contributed by atoms with E-state index in [1.165, 1.54) is 0 Å². The lowest BCUT2D eigenvalue weighted by Gasteiger charge is -2.05. The fourth-order valence-electron chi connectivity index (χ4n) is 1.56. The maximum absolute atomic E-state index is 11.8. The fraction of sp³-hybridized carbons (Fsp3) is 0.0833. The van der Waals surface area contributed by atoms with Crippen molar-refractivity contribution in [3.05, 3.63) is 42.1 Å². The highest BCUT2D eigenvalue weighted by molar-refractivity contribution is 6.06. The van der Waals surface area contributed by atoms with Gasteiger partial charge in [-0.05, 0) is 18.2 Å². The van der Waals surface area contributed by atoms with Crippen molar-refractivity contribution in [3.63, 3.8) is 0 Å². The van der Waals surface area contributed by atoms with Crippen LogP contribution in [-0.4, -0.2) is 23.3 Å². The molecule has 0 spiro atoms. The van der Waals surface area contributed by atoms with Gasteiger partial charge in [0.2, 0.25) is 5.91 Å². The SMILES string of the molecule is NC(=O)CNC(=O)c1cccc2ncccc12. The summed E-state index contributed by atoms with van der Waals surface area (Å²) in [7, 11) is 0. The molecule has 0 unspecified atom stereocenters. The number of hydrogen-bond acceptors (Lipinski definition) is 3. The minimum Gasteiger partial charge on any atom is -0.368 e. The molecule has 2 rings (SSSR count). The molecule has 0 saturated carbocycles. The molecular formula is C12H11N3O2. The Labute approximate surface area is 97.6 Å². The largest absolute Gasteiger partial charge is 0.368 e. The van der Waals surface area contributed by atoms with Crippen LogP contribution in [0.15, 0.2) is 36.5 Å². The molecule has 5 nitrogen and oxygen atoms in total. The highest BCUT2D eigenvalue weighted by Crippen LogP contribution is 2.15. The Morgan fingerprint density at radius 2 is 2.06 bits per heavy atom. The van der Waals surface area contributed by atoms with Crippen LogP contribution in [0.4, 0.5) is 0 Å².